The molecule has 3 aromatic rings. The lowest BCUT2D eigenvalue weighted by atomic mass is 10.1. The molecule has 29 heavy (non-hydrogen) atoms. The number of aromatic nitrogens is 3. The van der Waals surface area contributed by atoms with Crippen molar-refractivity contribution in [2.24, 2.45) is 0 Å². The summed E-state index contributed by atoms with van der Waals surface area (Å²) in [7, 11) is 0. The highest BCUT2D eigenvalue weighted by Crippen LogP contribution is 2.19. The lowest BCUT2D eigenvalue weighted by Crippen LogP contribution is -2.32. The molecule has 1 saturated heterocycles. The molecule has 4 rings (SSSR count). The third-order valence-corrected chi connectivity index (χ3v) is 6.03. The molecule has 8 heteroatoms. The van der Waals surface area contributed by atoms with Crippen molar-refractivity contribution >= 4 is 22.9 Å². The maximum atomic E-state index is 13.0. The van der Waals surface area contributed by atoms with E-state index in [0.29, 0.717) is 17.0 Å². The Hall–Kier alpha value is -2.58. The molecule has 0 aliphatic carbocycles. The highest BCUT2D eigenvalue weighted by molar-refractivity contribution is 7.13. The molecule has 152 valence electrons. The Morgan fingerprint density at radius 3 is 2.69 bits per heavy atom. The smallest absolute Gasteiger partial charge is 0.267 e. The molecule has 1 N–H and O–H groups in total. The van der Waals surface area contributed by atoms with Gasteiger partial charge in [0.15, 0.2) is 0 Å². The topological polar surface area (TPSA) is 63.1 Å². The predicted molar refractivity (Wildman–Crippen MR) is 112 cm³/mol. The van der Waals surface area contributed by atoms with E-state index in [9.17, 15) is 9.18 Å². The summed E-state index contributed by atoms with van der Waals surface area (Å²) in [6.07, 6.45) is 9.58. The van der Waals surface area contributed by atoms with Crippen LogP contribution in [0.4, 0.5) is 10.1 Å². The van der Waals surface area contributed by atoms with Crippen molar-refractivity contribution in [3.63, 3.8) is 0 Å². The first kappa shape index (κ1) is 19.7. The molecule has 3 heterocycles. The normalized spacial score (nSPS) is 14.8. The van der Waals surface area contributed by atoms with E-state index in [0.717, 1.165) is 36.8 Å². The summed E-state index contributed by atoms with van der Waals surface area (Å²) in [6.45, 7) is 4.13. The Balaban J connectivity index is 1.29. The Kier molecular flexibility index (Phi) is 6.31. The second-order valence-electron chi connectivity index (χ2n) is 7.27. The van der Waals surface area contributed by atoms with Crippen LogP contribution in [0.1, 0.15) is 39.5 Å². The standard InChI is InChI=1S/C21H24FN5OS/c22-17-6-4-16(5-7-17)12-20-23-14-19(29-20)21(28)25-18-13-24-27(15-18)11-10-26-8-2-1-3-9-26/h4-7,13-15H,1-3,8-12H2,(H,25,28). The molecule has 0 atom stereocenters. The van der Waals surface area contributed by atoms with Gasteiger partial charge in [-0.15, -0.1) is 11.3 Å². The van der Waals surface area contributed by atoms with E-state index < -0.39 is 0 Å². The van der Waals surface area contributed by atoms with Gasteiger partial charge in [0.2, 0.25) is 0 Å². The van der Waals surface area contributed by atoms with Gasteiger partial charge in [-0.2, -0.15) is 5.10 Å². The van der Waals surface area contributed by atoms with Crippen molar-refractivity contribution in [3.8, 4) is 0 Å². The minimum absolute atomic E-state index is 0.191. The number of carbonyl (C=O) groups excluding carboxylic acids is 1. The summed E-state index contributed by atoms with van der Waals surface area (Å²) in [4.78, 5) is 19.8. The Morgan fingerprint density at radius 1 is 1.10 bits per heavy atom. The monoisotopic (exact) mass is 413 g/mol. The first-order chi connectivity index (χ1) is 14.2. The number of hydrogen-bond donors (Lipinski definition) is 1. The van der Waals surface area contributed by atoms with Gasteiger partial charge >= 0.3 is 0 Å². The number of benzene rings is 1. The zero-order valence-electron chi connectivity index (χ0n) is 16.2. The number of thiazole rings is 1. The molecule has 0 saturated carbocycles. The van der Waals surface area contributed by atoms with Crippen molar-refractivity contribution < 1.29 is 9.18 Å². The number of anilines is 1. The number of hydrogen-bond acceptors (Lipinski definition) is 5. The molecule has 0 radical (unpaired) electrons. The van der Waals surface area contributed by atoms with Gasteiger partial charge in [-0.05, 0) is 43.6 Å². The van der Waals surface area contributed by atoms with Crippen molar-refractivity contribution in [2.75, 3.05) is 25.0 Å². The lowest BCUT2D eigenvalue weighted by Gasteiger charge is -2.26. The highest BCUT2D eigenvalue weighted by atomic mass is 32.1. The second kappa shape index (κ2) is 9.28. The molecule has 0 spiro atoms. The lowest BCUT2D eigenvalue weighted by molar-refractivity contribution is 0.103. The average Bonchev–Trinajstić information content (AvgIpc) is 3.38. The summed E-state index contributed by atoms with van der Waals surface area (Å²) in [5.74, 6) is -0.451. The minimum atomic E-state index is -0.260. The van der Waals surface area contributed by atoms with Crippen LogP contribution >= 0.6 is 11.3 Å². The minimum Gasteiger partial charge on any atom is -0.319 e. The van der Waals surface area contributed by atoms with Crippen molar-refractivity contribution in [1.29, 1.82) is 0 Å². The molecule has 1 aromatic carbocycles. The third kappa shape index (κ3) is 5.48. The largest absolute Gasteiger partial charge is 0.319 e. The molecule has 1 aliphatic heterocycles. The van der Waals surface area contributed by atoms with Crippen LogP contribution in [0.3, 0.4) is 0 Å². The molecule has 1 fully saturated rings. The fraction of sp³-hybridized carbons (Fsp3) is 0.381. The van der Waals surface area contributed by atoms with E-state index in [4.69, 9.17) is 0 Å². The van der Waals surface area contributed by atoms with Gasteiger partial charge in [-0.3, -0.25) is 9.48 Å². The van der Waals surface area contributed by atoms with Crippen molar-refractivity contribution in [3.05, 3.63) is 64.1 Å². The van der Waals surface area contributed by atoms with Gasteiger partial charge < -0.3 is 10.2 Å². The van der Waals surface area contributed by atoms with Crippen LogP contribution in [-0.4, -0.2) is 45.2 Å². The fourth-order valence-electron chi connectivity index (χ4n) is 3.44. The fourth-order valence-corrected chi connectivity index (χ4v) is 4.29. The van der Waals surface area contributed by atoms with Gasteiger partial charge in [0.05, 0.1) is 29.6 Å². The molecular formula is C21H24FN5OS. The molecule has 1 aliphatic rings. The predicted octanol–water partition coefficient (Wildman–Crippen LogP) is 3.81. The maximum absolute atomic E-state index is 13.0. The summed E-state index contributed by atoms with van der Waals surface area (Å²) in [6, 6.07) is 6.32. The number of rotatable bonds is 7. The van der Waals surface area contributed by atoms with E-state index in [1.165, 1.54) is 42.7 Å². The first-order valence-corrected chi connectivity index (χ1v) is 10.7. The Labute approximate surface area is 173 Å². The van der Waals surface area contributed by atoms with Gasteiger partial charge in [0, 0.05) is 19.2 Å². The first-order valence-electron chi connectivity index (χ1n) is 9.91. The number of carbonyl (C=O) groups is 1. The van der Waals surface area contributed by atoms with Crippen LogP contribution in [0, 0.1) is 5.82 Å². The van der Waals surface area contributed by atoms with Gasteiger partial charge in [0.25, 0.3) is 5.91 Å². The van der Waals surface area contributed by atoms with E-state index in [-0.39, 0.29) is 11.7 Å². The number of piperidine rings is 1. The number of amides is 1. The zero-order valence-corrected chi connectivity index (χ0v) is 17.0. The number of halogens is 1. The van der Waals surface area contributed by atoms with E-state index >= 15 is 0 Å². The SMILES string of the molecule is O=C(Nc1cnn(CCN2CCCCC2)c1)c1cnc(Cc2ccc(F)cc2)s1. The van der Waals surface area contributed by atoms with E-state index in [1.54, 1.807) is 24.5 Å². The third-order valence-electron chi connectivity index (χ3n) is 5.03. The molecule has 2 aromatic heterocycles. The highest BCUT2D eigenvalue weighted by Gasteiger charge is 2.13. The summed E-state index contributed by atoms with van der Waals surface area (Å²) < 4.78 is 14.9. The van der Waals surface area contributed by atoms with Gasteiger partial charge in [-0.25, -0.2) is 9.37 Å². The molecule has 1 amide bonds. The van der Waals surface area contributed by atoms with Crippen LogP contribution in [0.15, 0.2) is 42.9 Å². The van der Waals surface area contributed by atoms with Crippen molar-refractivity contribution in [1.82, 2.24) is 19.7 Å². The quantitative estimate of drug-likeness (QED) is 0.640. The van der Waals surface area contributed by atoms with Crippen LogP contribution < -0.4 is 5.32 Å². The number of nitrogens with zero attached hydrogens (tertiary/aromatic N) is 4. The average molecular weight is 414 g/mol. The van der Waals surface area contributed by atoms with E-state index in [1.807, 2.05) is 10.9 Å². The molecule has 0 bridgehead atoms. The molecule has 6 nitrogen and oxygen atoms in total. The van der Waals surface area contributed by atoms with Gasteiger partial charge in [-0.1, -0.05) is 18.6 Å². The summed E-state index contributed by atoms with van der Waals surface area (Å²) >= 11 is 1.34. The van der Waals surface area contributed by atoms with Crippen LogP contribution in [-0.2, 0) is 13.0 Å². The molecule has 0 unspecified atom stereocenters. The number of likely N-dealkylation sites (tertiary alicyclic amines) is 1. The van der Waals surface area contributed by atoms with E-state index in [2.05, 4.69) is 20.3 Å². The van der Waals surface area contributed by atoms with Crippen LogP contribution in [0.2, 0.25) is 0 Å². The zero-order chi connectivity index (χ0) is 20.1. The summed E-state index contributed by atoms with van der Waals surface area (Å²) in [5.41, 5.74) is 1.64. The van der Waals surface area contributed by atoms with Gasteiger partial charge in [0.1, 0.15) is 10.7 Å². The summed E-state index contributed by atoms with van der Waals surface area (Å²) in [5, 5.41) is 8.05. The van der Waals surface area contributed by atoms with Crippen molar-refractivity contribution in [2.45, 2.75) is 32.2 Å². The number of nitrogens with one attached hydrogen (secondary N) is 1. The maximum Gasteiger partial charge on any atom is 0.267 e. The van der Waals surface area contributed by atoms with Crippen LogP contribution in [0.25, 0.3) is 0 Å². The van der Waals surface area contributed by atoms with Crippen LogP contribution in [0.5, 0.6) is 0 Å². The molecular weight excluding hydrogens is 389 g/mol. The Bertz CT molecular complexity index is 946. The Morgan fingerprint density at radius 2 is 1.90 bits per heavy atom. The second-order valence-corrected chi connectivity index (χ2v) is 8.39.